The lowest BCUT2D eigenvalue weighted by Crippen LogP contribution is -2.54. The molecule has 1 saturated heterocycles. The fourth-order valence-electron chi connectivity index (χ4n) is 3.81. The van der Waals surface area contributed by atoms with Crippen LogP contribution in [-0.2, 0) is 12.8 Å². The van der Waals surface area contributed by atoms with Crippen molar-refractivity contribution in [1.29, 1.82) is 0 Å². The minimum atomic E-state index is -0.0576. The van der Waals surface area contributed by atoms with Crippen LogP contribution in [0, 0.1) is 0 Å². The highest BCUT2D eigenvalue weighted by molar-refractivity contribution is 6.36. The first-order chi connectivity index (χ1) is 12.2. The maximum Gasteiger partial charge on any atom is 0.254 e. The first kappa shape index (κ1) is 16.8. The summed E-state index contributed by atoms with van der Waals surface area (Å²) in [6.07, 6.45) is 4.25. The van der Waals surface area contributed by atoms with Crippen LogP contribution in [0.4, 0.5) is 0 Å². The van der Waals surface area contributed by atoms with Crippen molar-refractivity contribution in [3.63, 3.8) is 0 Å². The Kier molecular flexibility index (Phi) is 4.63. The maximum absolute atomic E-state index is 12.8. The molecule has 0 radical (unpaired) electrons. The van der Waals surface area contributed by atoms with Gasteiger partial charge in [-0.2, -0.15) is 0 Å². The van der Waals surface area contributed by atoms with Crippen LogP contribution in [0.25, 0.3) is 10.9 Å². The van der Waals surface area contributed by atoms with Crippen LogP contribution in [0.1, 0.15) is 34.5 Å². The summed E-state index contributed by atoms with van der Waals surface area (Å²) in [5, 5.41) is 14.2. The second kappa shape index (κ2) is 6.90. The lowest BCUT2D eigenvalue weighted by Gasteiger charge is -2.32. The van der Waals surface area contributed by atoms with Crippen molar-refractivity contribution in [2.75, 3.05) is 26.2 Å². The number of hydrogen-bond donors (Lipinski definition) is 2. The number of rotatable bonds is 2. The molecule has 1 aliphatic carbocycles. The van der Waals surface area contributed by atoms with Gasteiger partial charge in [0.05, 0.1) is 17.1 Å². The second-order valence-electron chi connectivity index (χ2n) is 6.87. The molecule has 2 aliphatic rings. The Hall–Kier alpha value is -1.69. The molecule has 2 N–H and O–H groups in total. The van der Waals surface area contributed by atoms with E-state index in [9.17, 15) is 9.90 Å². The van der Waals surface area contributed by atoms with Crippen molar-refractivity contribution in [2.45, 2.75) is 31.7 Å². The van der Waals surface area contributed by atoms with E-state index in [-0.39, 0.29) is 18.6 Å². The molecule has 0 saturated carbocycles. The largest absolute Gasteiger partial charge is 0.395 e. The van der Waals surface area contributed by atoms with E-state index in [0.717, 1.165) is 47.3 Å². The third-order valence-electron chi connectivity index (χ3n) is 5.20. The van der Waals surface area contributed by atoms with E-state index in [0.29, 0.717) is 25.2 Å². The van der Waals surface area contributed by atoms with Gasteiger partial charge in [0.2, 0.25) is 0 Å². The van der Waals surface area contributed by atoms with E-state index in [1.54, 1.807) is 4.90 Å². The number of carbonyl (C=O) groups excluding carboxylic acids is 1. The van der Waals surface area contributed by atoms with Crippen LogP contribution in [0.3, 0.4) is 0 Å². The van der Waals surface area contributed by atoms with Gasteiger partial charge in [-0.1, -0.05) is 17.7 Å². The maximum atomic E-state index is 12.8. The van der Waals surface area contributed by atoms with Gasteiger partial charge in [0.1, 0.15) is 0 Å². The molecule has 2 heterocycles. The van der Waals surface area contributed by atoms with Gasteiger partial charge >= 0.3 is 0 Å². The summed E-state index contributed by atoms with van der Waals surface area (Å²) < 4.78 is 0. The van der Waals surface area contributed by atoms with Gasteiger partial charge in [-0.3, -0.25) is 9.78 Å². The van der Waals surface area contributed by atoms with Crippen molar-refractivity contribution < 1.29 is 9.90 Å². The number of fused-ring (bicyclic) bond motifs is 2. The molecular weight excluding hydrogens is 338 g/mol. The molecule has 1 unspecified atom stereocenters. The van der Waals surface area contributed by atoms with E-state index in [1.165, 1.54) is 5.56 Å². The standard InChI is InChI=1S/C19H22ClN3O2/c20-18-14-3-1-2-4-16(14)22-17-9-12(5-6-15(17)18)19(25)23-8-7-21-13(10-23)11-24/h5-6,9,13,21,24H,1-4,7-8,10-11H2. The van der Waals surface area contributed by atoms with Crippen LogP contribution >= 0.6 is 11.6 Å². The number of carbonyl (C=O) groups is 1. The Balaban J connectivity index is 1.68. The summed E-state index contributed by atoms with van der Waals surface area (Å²) in [5.41, 5.74) is 3.68. The van der Waals surface area contributed by atoms with E-state index in [2.05, 4.69) is 5.32 Å². The molecular formula is C19H22ClN3O2. The number of benzene rings is 1. The molecule has 4 rings (SSSR count). The van der Waals surface area contributed by atoms with E-state index in [4.69, 9.17) is 16.6 Å². The molecule has 0 bridgehead atoms. The van der Waals surface area contributed by atoms with Crippen molar-refractivity contribution in [2.24, 2.45) is 0 Å². The summed E-state index contributed by atoms with van der Waals surface area (Å²) in [5.74, 6) is -0.0162. The smallest absolute Gasteiger partial charge is 0.254 e. The summed E-state index contributed by atoms with van der Waals surface area (Å²) in [6, 6.07) is 5.55. The average molecular weight is 360 g/mol. The quantitative estimate of drug-likeness (QED) is 0.862. The monoisotopic (exact) mass is 359 g/mol. The van der Waals surface area contributed by atoms with Crippen molar-refractivity contribution in [3.05, 3.63) is 40.0 Å². The molecule has 132 valence electrons. The Morgan fingerprint density at radius 3 is 3.04 bits per heavy atom. The number of amides is 1. The number of aryl methyl sites for hydroxylation is 1. The Morgan fingerprint density at radius 2 is 2.20 bits per heavy atom. The van der Waals surface area contributed by atoms with Crippen LogP contribution in [0.2, 0.25) is 5.02 Å². The predicted molar refractivity (Wildman–Crippen MR) is 98.2 cm³/mol. The third-order valence-corrected chi connectivity index (χ3v) is 5.64. The van der Waals surface area contributed by atoms with E-state index < -0.39 is 0 Å². The molecule has 2 aromatic rings. The summed E-state index contributed by atoms with van der Waals surface area (Å²) in [4.78, 5) is 19.4. The Bertz CT molecular complexity index is 824. The van der Waals surface area contributed by atoms with Gasteiger partial charge in [-0.05, 0) is 43.4 Å². The first-order valence-corrected chi connectivity index (χ1v) is 9.29. The highest BCUT2D eigenvalue weighted by atomic mass is 35.5. The molecule has 5 nitrogen and oxygen atoms in total. The number of nitrogens with zero attached hydrogens (tertiary/aromatic N) is 2. The number of pyridine rings is 1. The zero-order valence-corrected chi connectivity index (χ0v) is 14.9. The van der Waals surface area contributed by atoms with Crippen LogP contribution in [-0.4, -0.2) is 53.2 Å². The Labute approximate surface area is 152 Å². The van der Waals surface area contributed by atoms with Gasteiger partial charge < -0.3 is 15.3 Å². The SMILES string of the molecule is O=C(c1ccc2c(Cl)c3c(nc2c1)CCCC3)N1CCNC(CO)C1. The molecule has 1 atom stereocenters. The molecule has 6 heteroatoms. The third kappa shape index (κ3) is 3.12. The zero-order chi connectivity index (χ0) is 17.4. The van der Waals surface area contributed by atoms with Crippen molar-refractivity contribution >= 4 is 28.4 Å². The van der Waals surface area contributed by atoms with E-state index in [1.807, 2.05) is 18.2 Å². The predicted octanol–water partition coefficient (Wildman–Crippen LogP) is 2.17. The number of aromatic nitrogens is 1. The van der Waals surface area contributed by atoms with Gasteiger partial charge in [0.25, 0.3) is 5.91 Å². The molecule has 1 amide bonds. The van der Waals surface area contributed by atoms with Crippen LogP contribution < -0.4 is 5.32 Å². The number of nitrogens with one attached hydrogen (secondary N) is 1. The zero-order valence-electron chi connectivity index (χ0n) is 14.1. The van der Waals surface area contributed by atoms with Crippen molar-refractivity contribution in [1.82, 2.24) is 15.2 Å². The second-order valence-corrected chi connectivity index (χ2v) is 7.25. The highest BCUT2D eigenvalue weighted by Crippen LogP contribution is 2.33. The topological polar surface area (TPSA) is 65.5 Å². The average Bonchev–Trinajstić information content (AvgIpc) is 2.67. The molecule has 0 spiro atoms. The molecule has 25 heavy (non-hydrogen) atoms. The summed E-state index contributed by atoms with van der Waals surface area (Å²) in [6.45, 7) is 1.89. The van der Waals surface area contributed by atoms with E-state index >= 15 is 0 Å². The fourth-order valence-corrected chi connectivity index (χ4v) is 4.18. The fraction of sp³-hybridized carbons (Fsp3) is 0.474. The lowest BCUT2D eigenvalue weighted by molar-refractivity contribution is 0.0671. The normalized spacial score (nSPS) is 20.6. The number of aliphatic hydroxyl groups is 1. The minimum Gasteiger partial charge on any atom is -0.395 e. The number of halogens is 1. The lowest BCUT2D eigenvalue weighted by atomic mass is 9.94. The van der Waals surface area contributed by atoms with Crippen LogP contribution in [0.5, 0.6) is 0 Å². The molecule has 1 aliphatic heterocycles. The van der Waals surface area contributed by atoms with Crippen molar-refractivity contribution in [3.8, 4) is 0 Å². The van der Waals surface area contributed by atoms with Gasteiger partial charge in [-0.15, -0.1) is 0 Å². The molecule has 1 aromatic heterocycles. The van der Waals surface area contributed by atoms with Gasteiger partial charge in [-0.25, -0.2) is 0 Å². The highest BCUT2D eigenvalue weighted by Gasteiger charge is 2.24. The molecule has 1 fully saturated rings. The van der Waals surface area contributed by atoms with Gasteiger partial charge in [0.15, 0.2) is 0 Å². The van der Waals surface area contributed by atoms with Crippen LogP contribution in [0.15, 0.2) is 18.2 Å². The minimum absolute atomic E-state index is 0.0162. The summed E-state index contributed by atoms with van der Waals surface area (Å²) in [7, 11) is 0. The first-order valence-electron chi connectivity index (χ1n) is 8.92. The Morgan fingerprint density at radius 1 is 1.36 bits per heavy atom. The number of piperazine rings is 1. The number of aliphatic hydroxyl groups excluding tert-OH is 1. The molecule has 1 aromatic carbocycles. The number of hydrogen-bond acceptors (Lipinski definition) is 4. The van der Waals surface area contributed by atoms with Gasteiger partial charge in [0, 0.05) is 42.3 Å². The summed E-state index contributed by atoms with van der Waals surface area (Å²) >= 11 is 6.61.